The first-order valence-electron chi connectivity index (χ1n) is 5.05. The van der Waals surface area contributed by atoms with E-state index in [2.05, 4.69) is 19.6 Å². The molecule has 0 aromatic rings. The van der Waals surface area contributed by atoms with Crippen molar-refractivity contribution in [2.45, 2.75) is 37.4 Å². The van der Waals surface area contributed by atoms with Gasteiger partial charge in [0.15, 0.2) is 14.6 Å². The number of thioether (sulfide) groups is 2. The van der Waals surface area contributed by atoms with Crippen LogP contribution in [-0.2, 0) is 9.16 Å². The third kappa shape index (κ3) is 4.57. The highest BCUT2D eigenvalue weighted by atomic mass is 32.2. The van der Waals surface area contributed by atoms with Crippen molar-refractivity contribution in [2.24, 2.45) is 0 Å². The SMILES string of the molecule is CCOC(O[Si](C)(C)C)C1SCCS1. The molecule has 0 aliphatic carbocycles. The molecule has 14 heavy (non-hydrogen) atoms. The van der Waals surface area contributed by atoms with Crippen LogP contribution in [-0.4, -0.2) is 37.3 Å². The van der Waals surface area contributed by atoms with E-state index in [9.17, 15) is 0 Å². The molecular weight excluding hydrogens is 232 g/mol. The van der Waals surface area contributed by atoms with Crippen LogP contribution in [0.15, 0.2) is 0 Å². The van der Waals surface area contributed by atoms with Crippen LogP contribution in [0.3, 0.4) is 0 Å². The van der Waals surface area contributed by atoms with Crippen LogP contribution < -0.4 is 0 Å². The minimum Gasteiger partial charge on any atom is -0.392 e. The Morgan fingerprint density at radius 2 is 1.86 bits per heavy atom. The fraction of sp³-hybridized carbons (Fsp3) is 1.00. The van der Waals surface area contributed by atoms with Gasteiger partial charge in [-0.15, -0.1) is 23.5 Å². The highest BCUT2D eigenvalue weighted by Crippen LogP contribution is 2.36. The summed E-state index contributed by atoms with van der Waals surface area (Å²) in [6.07, 6.45) is 0.00386. The Morgan fingerprint density at radius 1 is 1.29 bits per heavy atom. The number of hydrogen-bond acceptors (Lipinski definition) is 4. The van der Waals surface area contributed by atoms with Gasteiger partial charge in [-0.05, 0) is 26.6 Å². The highest BCUT2D eigenvalue weighted by molar-refractivity contribution is 8.20. The van der Waals surface area contributed by atoms with Crippen molar-refractivity contribution in [3.8, 4) is 0 Å². The fourth-order valence-electron chi connectivity index (χ4n) is 1.21. The van der Waals surface area contributed by atoms with Crippen molar-refractivity contribution in [2.75, 3.05) is 18.1 Å². The normalized spacial score (nSPS) is 21.4. The summed E-state index contributed by atoms with van der Waals surface area (Å²) in [6, 6.07) is 0. The van der Waals surface area contributed by atoms with Crippen molar-refractivity contribution < 1.29 is 9.16 Å². The van der Waals surface area contributed by atoms with E-state index in [-0.39, 0.29) is 6.29 Å². The maximum Gasteiger partial charge on any atom is 0.187 e. The minimum atomic E-state index is -1.48. The van der Waals surface area contributed by atoms with Gasteiger partial charge in [-0.3, -0.25) is 0 Å². The molecule has 0 radical (unpaired) electrons. The first-order chi connectivity index (χ1) is 6.53. The Hall–Kier alpha value is 0.837. The molecule has 5 heteroatoms. The monoisotopic (exact) mass is 252 g/mol. The van der Waals surface area contributed by atoms with Crippen molar-refractivity contribution in [3.63, 3.8) is 0 Å². The smallest absolute Gasteiger partial charge is 0.187 e. The van der Waals surface area contributed by atoms with Crippen molar-refractivity contribution in [1.29, 1.82) is 0 Å². The number of hydrogen-bond donors (Lipinski definition) is 0. The molecule has 1 saturated heterocycles. The third-order valence-electron chi connectivity index (χ3n) is 1.67. The van der Waals surface area contributed by atoms with Gasteiger partial charge < -0.3 is 9.16 Å². The molecule has 1 unspecified atom stereocenters. The average Bonchev–Trinajstić information content (AvgIpc) is 2.52. The maximum absolute atomic E-state index is 6.04. The lowest BCUT2D eigenvalue weighted by molar-refractivity contribution is -0.0682. The topological polar surface area (TPSA) is 18.5 Å². The van der Waals surface area contributed by atoms with Crippen LogP contribution >= 0.6 is 23.5 Å². The molecule has 0 saturated carbocycles. The zero-order valence-corrected chi connectivity index (χ0v) is 12.0. The van der Waals surface area contributed by atoms with Gasteiger partial charge in [0.1, 0.15) is 4.58 Å². The van der Waals surface area contributed by atoms with Gasteiger partial charge in [0, 0.05) is 18.1 Å². The molecule has 0 amide bonds. The lowest BCUT2D eigenvalue weighted by Crippen LogP contribution is -2.37. The summed E-state index contributed by atoms with van der Waals surface area (Å²) in [6.45, 7) is 9.41. The summed E-state index contributed by atoms with van der Waals surface area (Å²) in [5.41, 5.74) is 0. The van der Waals surface area contributed by atoms with E-state index in [1.807, 2.05) is 30.4 Å². The van der Waals surface area contributed by atoms with E-state index in [0.29, 0.717) is 4.58 Å². The van der Waals surface area contributed by atoms with Gasteiger partial charge >= 0.3 is 0 Å². The molecule has 0 N–H and O–H groups in total. The molecule has 0 aromatic heterocycles. The molecule has 0 spiro atoms. The molecule has 2 nitrogen and oxygen atoms in total. The zero-order chi connectivity index (χ0) is 10.6. The largest absolute Gasteiger partial charge is 0.392 e. The maximum atomic E-state index is 6.04. The first-order valence-corrected chi connectivity index (χ1v) is 10.6. The zero-order valence-electron chi connectivity index (χ0n) is 9.41. The fourth-order valence-corrected chi connectivity index (χ4v) is 5.09. The van der Waals surface area contributed by atoms with Gasteiger partial charge in [-0.1, -0.05) is 0 Å². The predicted molar refractivity (Wildman–Crippen MR) is 68.5 cm³/mol. The molecular formula is C9H20O2S2Si. The van der Waals surface area contributed by atoms with E-state index < -0.39 is 8.32 Å². The molecule has 1 aliphatic heterocycles. The first kappa shape index (κ1) is 12.9. The van der Waals surface area contributed by atoms with Gasteiger partial charge in [0.25, 0.3) is 0 Å². The second-order valence-electron chi connectivity index (χ2n) is 4.16. The van der Waals surface area contributed by atoms with Gasteiger partial charge in [0.05, 0.1) is 0 Å². The van der Waals surface area contributed by atoms with Crippen LogP contribution in [0.4, 0.5) is 0 Å². The summed E-state index contributed by atoms with van der Waals surface area (Å²) < 4.78 is 12.2. The lowest BCUT2D eigenvalue weighted by Gasteiger charge is -2.29. The van der Waals surface area contributed by atoms with E-state index in [1.165, 1.54) is 11.5 Å². The minimum absolute atomic E-state index is 0.00386. The van der Waals surface area contributed by atoms with E-state index in [4.69, 9.17) is 9.16 Å². The van der Waals surface area contributed by atoms with Gasteiger partial charge in [-0.2, -0.15) is 0 Å². The molecule has 1 rings (SSSR count). The second-order valence-corrected chi connectivity index (χ2v) is 11.4. The van der Waals surface area contributed by atoms with E-state index in [1.54, 1.807) is 0 Å². The number of ether oxygens (including phenoxy) is 1. The Balaban J connectivity index is 2.45. The Bertz CT molecular complexity index is 167. The van der Waals surface area contributed by atoms with Crippen LogP contribution in [0.25, 0.3) is 0 Å². The molecule has 1 atom stereocenters. The van der Waals surface area contributed by atoms with E-state index >= 15 is 0 Å². The molecule has 0 aromatic carbocycles. The Morgan fingerprint density at radius 3 is 2.29 bits per heavy atom. The van der Waals surface area contributed by atoms with Crippen molar-refractivity contribution in [3.05, 3.63) is 0 Å². The second kappa shape index (κ2) is 5.79. The Labute approximate surface area is 96.6 Å². The van der Waals surface area contributed by atoms with Gasteiger partial charge in [0.2, 0.25) is 0 Å². The lowest BCUT2D eigenvalue weighted by atomic mass is 10.7. The van der Waals surface area contributed by atoms with Crippen LogP contribution in [0.1, 0.15) is 6.92 Å². The number of rotatable bonds is 5. The average molecular weight is 252 g/mol. The molecule has 1 heterocycles. The van der Waals surface area contributed by atoms with Crippen molar-refractivity contribution >= 4 is 31.8 Å². The summed E-state index contributed by atoms with van der Waals surface area (Å²) in [4.78, 5) is 0. The molecule has 84 valence electrons. The molecule has 1 fully saturated rings. The van der Waals surface area contributed by atoms with Gasteiger partial charge in [-0.25, -0.2) is 0 Å². The van der Waals surface area contributed by atoms with E-state index in [0.717, 1.165) is 6.61 Å². The van der Waals surface area contributed by atoms with Crippen LogP contribution in [0, 0.1) is 0 Å². The summed E-state index contributed by atoms with van der Waals surface area (Å²) in [5, 5.41) is 0. The standard InChI is InChI=1S/C9H20O2S2Si/c1-5-10-8(11-14(2,3)4)9-12-6-7-13-9/h8-9H,5-7H2,1-4H3. The summed E-state index contributed by atoms with van der Waals surface area (Å²) in [5.74, 6) is 2.46. The Kier molecular flexibility index (Phi) is 5.34. The highest BCUT2D eigenvalue weighted by Gasteiger charge is 2.31. The summed E-state index contributed by atoms with van der Waals surface area (Å²) >= 11 is 3.93. The van der Waals surface area contributed by atoms with Crippen molar-refractivity contribution in [1.82, 2.24) is 0 Å². The molecule has 0 bridgehead atoms. The molecule has 1 aliphatic rings. The van der Waals surface area contributed by atoms with Crippen LogP contribution in [0.5, 0.6) is 0 Å². The quantitative estimate of drug-likeness (QED) is 0.553. The summed E-state index contributed by atoms with van der Waals surface area (Å²) in [7, 11) is -1.48. The predicted octanol–water partition coefficient (Wildman–Crippen LogP) is 3.01. The third-order valence-corrected chi connectivity index (χ3v) is 5.67. The van der Waals surface area contributed by atoms with Crippen LogP contribution in [0.2, 0.25) is 19.6 Å².